The van der Waals surface area contributed by atoms with Gasteiger partial charge in [-0.3, -0.25) is 0 Å². The van der Waals surface area contributed by atoms with Crippen LogP contribution in [0, 0.1) is 5.82 Å². The van der Waals surface area contributed by atoms with Crippen LogP contribution in [0.4, 0.5) is 10.1 Å². The van der Waals surface area contributed by atoms with E-state index in [9.17, 15) is 4.39 Å². The Balaban J connectivity index is 3.13. The summed E-state index contributed by atoms with van der Waals surface area (Å²) in [5.74, 6) is -0.258. The Kier molecular flexibility index (Phi) is 3.67. The molecule has 0 bridgehead atoms. The lowest BCUT2D eigenvalue weighted by Crippen LogP contribution is -2.19. The quantitative estimate of drug-likeness (QED) is 0.681. The lowest BCUT2D eigenvalue weighted by Gasteiger charge is -2.27. The van der Waals surface area contributed by atoms with E-state index in [-0.39, 0.29) is 5.82 Å². The van der Waals surface area contributed by atoms with Crippen molar-refractivity contribution in [2.45, 2.75) is 13.8 Å². The standard InChI is InChI=1S/C14H16FN/c1-10(2)12(5)16(11(3)4)14-8-6-13(15)7-9-14/h6-9H,1,3,5H2,2,4H3. The van der Waals surface area contributed by atoms with Gasteiger partial charge in [0, 0.05) is 17.1 Å². The molecule has 0 radical (unpaired) electrons. The Hall–Kier alpha value is -1.83. The molecule has 0 saturated carbocycles. The van der Waals surface area contributed by atoms with Crippen molar-refractivity contribution in [3.63, 3.8) is 0 Å². The van der Waals surface area contributed by atoms with Gasteiger partial charge in [-0.05, 0) is 43.7 Å². The molecule has 0 amide bonds. The minimum Gasteiger partial charge on any atom is -0.315 e. The molecule has 2 heteroatoms. The van der Waals surface area contributed by atoms with Crippen LogP contribution in [-0.4, -0.2) is 0 Å². The highest BCUT2D eigenvalue weighted by Gasteiger charge is 2.11. The molecule has 0 unspecified atom stereocenters. The van der Waals surface area contributed by atoms with E-state index >= 15 is 0 Å². The van der Waals surface area contributed by atoms with Gasteiger partial charge in [0.05, 0.1) is 0 Å². The number of anilines is 1. The fraction of sp³-hybridized carbons (Fsp3) is 0.143. The Morgan fingerprint density at radius 3 is 1.94 bits per heavy atom. The Bertz CT molecular complexity index is 429. The lowest BCUT2D eigenvalue weighted by atomic mass is 10.2. The first-order valence-electron chi connectivity index (χ1n) is 4.99. The summed E-state index contributed by atoms with van der Waals surface area (Å²) in [6, 6.07) is 6.21. The molecule has 0 N–H and O–H groups in total. The van der Waals surface area contributed by atoms with Crippen LogP contribution in [0.3, 0.4) is 0 Å². The van der Waals surface area contributed by atoms with Gasteiger partial charge in [-0.15, -0.1) is 0 Å². The van der Waals surface area contributed by atoms with Crippen molar-refractivity contribution in [2.75, 3.05) is 4.90 Å². The van der Waals surface area contributed by atoms with Gasteiger partial charge in [0.1, 0.15) is 5.82 Å². The van der Waals surface area contributed by atoms with E-state index in [0.29, 0.717) is 0 Å². The van der Waals surface area contributed by atoms with Gasteiger partial charge in [-0.25, -0.2) is 4.39 Å². The van der Waals surface area contributed by atoms with Crippen LogP contribution in [0.25, 0.3) is 0 Å². The first-order chi connectivity index (χ1) is 7.43. The van der Waals surface area contributed by atoms with Crippen LogP contribution in [-0.2, 0) is 0 Å². The zero-order valence-electron chi connectivity index (χ0n) is 9.76. The van der Waals surface area contributed by atoms with Crippen LogP contribution in [0.1, 0.15) is 13.8 Å². The fourth-order valence-corrected chi connectivity index (χ4v) is 1.39. The molecule has 0 aromatic heterocycles. The third kappa shape index (κ3) is 2.60. The molecular weight excluding hydrogens is 201 g/mol. The Labute approximate surface area is 96.2 Å². The second kappa shape index (κ2) is 4.79. The van der Waals surface area contributed by atoms with Crippen LogP contribution in [0.2, 0.25) is 0 Å². The highest BCUT2D eigenvalue weighted by atomic mass is 19.1. The van der Waals surface area contributed by atoms with Gasteiger partial charge < -0.3 is 4.90 Å². The molecule has 1 aromatic rings. The number of hydrogen-bond acceptors (Lipinski definition) is 1. The normalized spacial score (nSPS) is 9.69. The van der Waals surface area contributed by atoms with Crippen molar-refractivity contribution in [3.8, 4) is 0 Å². The molecular formula is C14H16FN. The molecule has 0 heterocycles. The van der Waals surface area contributed by atoms with E-state index < -0.39 is 0 Å². The monoisotopic (exact) mass is 217 g/mol. The van der Waals surface area contributed by atoms with Gasteiger partial charge >= 0.3 is 0 Å². The maximum Gasteiger partial charge on any atom is 0.123 e. The molecule has 1 rings (SSSR count). The van der Waals surface area contributed by atoms with Crippen LogP contribution in [0.5, 0.6) is 0 Å². The summed E-state index contributed by atoms with van der Waals surface area (Å²) < 4.78 is 12.8. The van der Waals surface area contributed by atoms with Gasteiger partial charge in [0.25, 0.3) is 0 Å². The predicted octanol–water partition coefficient (Wildman–Crippen LogP) is 4.26. The summed E-state index contributed by atoms with van der Waals surface area (Å²) in [4.78, 5) is 1.85. The average molecular weight is 217 g/mol. The van der Waals surface area contributed by atoms with Crippen molar-refractivity contribution < 1.29 is 4.39 Å². The van der Waals surface area contributed by atoms with Crippen molar-refractivity contribution >= 4 is 5.69 Å². The molecule has 0 saturated heterocycles. The van der Waals surface area contributed by atoms with E-state index in [4.69, 9.17) is 0 Å². The predicted molar refractivity (Wildman–Crippen MR) is 67.6 cm³/mol. The minimum atomic E-state index is -0.258. The molecule has 84 valence electrons. The molecule has 1 aromatic carbocycles. The molecule has 0 aliphatic heterocycles. The number of halogens is 1. The van der Waals surface area contributed by atoms with E-state index in [2.05, 4.69) is 19.7 Å². The summed E-state index contributed by atoms with van der Waals surface area (Å²) in [6.07, 6.45) is 0. The minimum absolute atomic E-state index is 0.258. The number of rotatable bonds is 4. The lowest BCUT2D eigenvalue weighted by molar-refractivity contribution is 0.628. The van der Waals surface area contributed by atoms with E-state index in [1.165, 1.54) is 12.1 Å². The number of nitrogens with zero attached hydrogens (tertiary/aromatic N) is 1. The zero-order valence-corrected chi connectivity index (χ0v) is 9.76. The molecule has 0 spiro atoms. The maximum absolute atomic E-state index is 12.8. The van der Waals surface area contributed by atoms with Crippen LogP contribution < -0.4 is 4.90 Å². The fourth-order valence-electron chi connectivity index (χ4n) is 1.39. The zero-order chi connectivity index (χ0) is 12.3. The second-order valence-corrected chi connectivity index (χ2v) is 3.77. The molecule has 0 aliphatic rings. The summed E-state index contributed by atoms with van der Waals surface area (Å²) in [5, 5.41) is 0. The van der Waals surface area contributed by atoms with Gasteiger partial charge in [-0.2, -0.15) is 0 Å². The first kappa shape index (κ1) is 12.2. The SMILES string of the molecule is C=C(C)C(=C)N(C(=C)C)c1ccc(F)cc1. The third-order valence-corrected chi connectivity index (χ3v) is 2.23. The molecule has 0 atom stereocenters. The third-order valence-electron chi connectivity index (χ3n) is 2.23. The van der Waals surface area contributed by atoms with Crippen molar-refractivity contribution in [2.24, 2.45) is 0 Å². The summed E-state index contributed by atoms with van der Waals surface area (Å²) in [6.45, 7) is 15.4. The smallest absolute Gasteiger partial charge is 0.123 e. The number of benzene rings is 1. The molecule has 1 nitrogen and oxygen atoms in total. The Morgan fingerprint density at radius 1 is 1.06 bits per heavy atom. The first-order valence-corrected chi connectivity index (χ1v) is 4.99. The summed E-state index contributed by atoms with van der Waals surface area (Å²) in [7, 11) is 0. The highest BCUT2D eigenvalue weighted by Crippen LogP contribution is 2.25. The summed E-state index contributed by atoms with van der Waals surface area (Å²) in [5.41, 5.74) is 3.27. The maximum atomic E-state index is 12.8. The molecule has 16 heavy (non-hydrogen) atoms. The van der Waals surface area contributed by atoms with Gasteiger partial charge in [0.15, 0.2) is 0 Å². The van der Waals surface area contributed by atoms with Crippen molar-refractivity contribution in [1.82, 2.24) is 0 Å². The van der Waals surface area contributed by atoms with Crippen LogP contribution in [0.15, 0.2) is 61.0 Å². The second-order valence-electron chi connectivity index (χ2n) is 3.77. The molecule has 0 fully saturated rings. The molecule has 0 aliphatic carbocycles. The van der Waals surface area contributed by atoms with Gasteiger partial charge in [0.2, 0.25) is 0 Å². The summed E-state index contributed by atoms with van der Waals surface area (Å²) >= 11 is 0. The number of hydrogen-bond donors (Lipinski definition) is 0. The van der Waals surface area contributed by atoms with Crippen LogP contribution >= 0.6 is 0 Å². The largest absolute Gasteiger partial charge is 0.315 e. The number of allylic oxidation sites excluding steroid dienone is 2. The van der Waals surface area contributed by atoms with E-state index in [0.717, 1.165) is 22.7 Å². The van der Waals surface area contributed by atoms with Gasteiger partial charge in [-0.1, -0.05) is 19.7 Å². The van der Waals surface area contributed by atoms with E-state index in [1.807, 2.05) is 18.7 Å². The Morgan fingerprint density at radius 2 is 1.56 bits per heavy atom. The van der Waals surface area contributed by atoms with Crippen molar-refractivity contribution in [1.29, 1.82) is 0 Å². The highest BCUT2D eigenvalue weighted by molar-refractivity contribution is 5.60. The van der Waals surface area contributed by atoms with E-state index in [1.54, 1.807) is 12.1 Å². The average Bonchev–Trinajstić information content (AvgIpc) is 2.20. The topological polar surface area (TPSA) is 3.24 Å². The van der Waals surface area contributed by atoms with Crippen molar-refractivity contribution in [3.05, 3.63) is 66.8 Å².